The summed E-state index contributed by atoms with van der Waals surface area (Å²) in [6.07, 6.45) is 4.23. The summed E-state index contributed by atoms with van der Waals surface area (Å²) < 4.78 is 2.24. The molecule has 2 rings (SSSR count). The predicted octanol–water partition coefficient (Wildman–Crippen LogP) is 5.70. The van der Waals surface area contributed by atoms with E-state index < -0.39 is 5.97 Å². The summed E-state index contributed by atoms with van der Waals surface area (Å²) in [6.45, 7) is 13.8. The molecule has 0 bridgehead atoms. The Labute approximate surface area is 145 Å². The number of carboxylic acids is 1. The standard InChI is InChI=1S/C21H31NO2/c1-7-9-11-22-14(3)16(10-8-2)17-12-15(21(4,5)6)13-18(19(17)22)20(23)24/h12-13H,7-11H2,1-6H3,(H,23,24). The number of benzene rings is 1. The van der Waals surface area contributed by atoms with Crippen molar-refractivity contribution in [1.82, 2.24) is 4.57 Å². The fourth-order valence-corrected chi connectivity index (χ4v) is 3.44. The van der Waals surface area contributed by atoms with E-state index in [-0.39, 0.29) is 5.41 Å². The maximum Gasteiger partial charge on any atom is 0.337 e. The summed E-state index contributed by atoms with van der Waals surface area (Å²) in [4.78, 5) is 12.0. The monoisotopic (exact) mass is 329 g/mol. The fraction of sp³-hybridized carbons (Fsp3) is 0.571. The van der Waals surface area contributed by atoms with Crippen molar-refractivity contribution in [2.75, 3.05) is 0 Å². The summed E-state index contributed by atoms with van der Waals surface area (Å²) in [5.41, 5.74) is 4.92. The largest absolute Gasteiger partial charge is 0.478 e. The lowest BCUT2D eigenvalue weighted by atomic mass is 9.84. The van der Waals surface area contributed by atoms with Gasteiger partial charge in [0, 0.05) is 17.6 Å². The van der Waals surface area contributed by atoms with Crippen molar-refractivity contribution in [3.63, 3.8) is 0 Å². The van der Waals surface area contributed by atoms with Gasteiger partial charge in [0.15, 0.2) is 0 Å². The molecule has 0 aliphatic rings. The quantitative estimate of drug-likeness (QED) is 0.739. The van der Waals surface area contributed by atoms with Gasteiger partial charge in [-0.3, -0.25) is 0 Å². The summed E-state index contributed by atoms with van der Waals surface area (Å²) in [6, 6.07) is 4.10. The molecule has 132 valence electrons. The normalized spacial score (nSPS) is 12.1. The summed E-state index contributed by atoms with van der Waals surface area (Å²) >= 11 is 0. The first-order valence-corrected chi connectivity index (χ1v) is 9.11. The van der Waals surface area contributed by atoms with Crippen molar-refractivity contribution in [3.8, 4) is 0 Å². The highest BCUT2D eigenvalue weighted by Crippen LogP contribution is 2.35. The van der Waals surface area contributed by atoms with Gasteiger partial charge >= 0.3 is 5.97 Å². The van der Waals surface area contributed by atoms with Crippen LogP contribution in [0.1, 0.15) is 81.1 Å². The van der Waals surface area contributed by atoms with Crippen LogP contribution in [0.5, 0.6) is 0 Å². The molecule has 0 saturated heterocycles. The Bertz CT molecular complexity index is 748. The highest BCUT2D eigenvalue weighted by Gasteiger charge is 2.24. The van der Waals surface area contributed by atoms with Crippen LogP contribution in [-0.4, -0.2) is 15.6 Å². The van der Waals surface area contributed by atoms with Crippen LogP contribution in [-0.2, 0) is 18.4 Å². The Morgan fingerprint density at radius 2 is 1.83 bits per heavy atom. The Kier molecular flexibility index (Phi) is 5.42. The number of fused-ring (bicyclic) bond motifs is 1. The lowest BCUT2D eigenvalue weighted by Crippen LogP contribution is -2.13. The number of carboxylic acid groups (broad SMARTS) is 1. The lowest BCUT2D eigenvalue weighted by Gasteiger charge is -2.20. The fourth-order valence-electron chi connectivity index (χ4n) is 3.44. The van der Waals surface area contributed by atoms with Crippen molar-refractivity contribution in [3.05, 3.63) is 34.5 Å². The van der Waals surface area contributed by atoms with E-state index >= 15 is 0 Å². The first-order valence-electron chi connectivity index (χ1n) is 9.11. The van der Waals surface area contributed by atoms with Gasteiger partial charge in [-0.25, -0.2) is 4.79 Å². The molecule has 0 amide bonds. The van der Waals surface area contributed by atoms with Gasteiger partial charge in [0.1, 0.15) is 0 Å². The molecule has 0 aliphatic heterocycles. The van der Waals surface area contributed by atoms with E-state index in [1.165, 1.54) is 11.3 Å². The molecule has 2 aromatic rings. The molecular weight excluding hydrogens is 298 g/mol. The second-order valence-electron chi connectivity index (χ2n) is 7.79. The molecule has 1 N–H and O–H groups in total. The number of carbonyl (C=O) groups is 1. The first-order chi connectivity index (χ1) is 11.2. The smallest absolute Gasteiger partial charge is 0.337 e. The molecule has 24 heavy (non-hydrogen) atoms. The van der Waals surface area contributed by atoms with E-state index in [0.29, 0.717) is 5.56 Å². The number of rotatable bonds is 6. The van der Waals surface area contributed by atoms with Crippen molar-refractivity contribution < 1.29 is 9.90 Å². The molecular formula is C21H31NO2. The van der Waals surface area contributed by atoms with E-state index in [9.17, 15) is 9.90 Å². The van der Waals surface area contributed by atoms with Crippen molar-refractivity contribution >= 4 is 16.9 Å². The zero-order valence-electron chi connectivity index (χ0n) is 16.0. The third-order valence-corrected chi connectivity index (χ3v) is 4.88. The molecule has 0 fully saturated rings. The SMILES string of the molecule is CCCCn1c(C)c(CCC)c2cc(C(C)(C)C)cc(C(=O)O)c21. The van der Waals surface area contributed by atoms with E-state index in [4.69, 9.17) is 0 Å². The zero-order chi connectivity index (χ0) is 18.1. The molecule has 0 radical (unpaired) electrons. The Balaban J connectivity index is 2.87. The van der Waals surface area contributed by atoms with Gasteiger partial charge in [-0.15, -0.1) is 0 Å². The van der Waals surface area contributed by atoms with Crippen LogP contribution in [0.15, 0.2) is 12.1 Å². The third kappa shape index (κ3) is 3.35. The molecule has 0 unspecified atom stereocenters. The average Bonchev–Trinajstić information content (AvgIpc) is 2.76. The van der Waals surface area contributed by atoms with Gasteiger partial charge < -0.3 is 9.67 Å². The number of aromatic carboxylic acids is 1. The number of unbranched alkanes of at least 4 members (excludes halogenated alkanes) is 1. The van der Waals surface area contributed by atoms with E-state index in [2.05, 4.69) is 52.2 Å². The van der Waals surface area contributed by atoms with Crippen LogP contribution >= 0.6 is 0 Å². The van der Waals surface area contributed by atoms with Gasteiger partial charge in [0.25, 0.3) is 0 Å². The Morgan fingerprint density at radius 1 is 1.17 bits per heavy atom. The Hall–Kier alpha value is -1.77. The summed E-state index contributed by atoms with van der Waals surface area (Å²) in [5.74, 6) is -0.829. The average molecular weight is 329 g/mol. The number of aryl methyl sites for hydroxylation is 2. The third-order valence-electron chi connectivity index (χ3n) is 4.88. The topological polar surface area (TPSA) is 42.2 Å². The van der Waals surface area contributed by atoms with Gasteiger partial charge in [-0.2, -0.15) is 0 Å². The number of nitrogens with zero attached hydrogens (tertiary/aromatic N) is 1. The van der Waals surface area contributed by atoms with Crippen LogP contribution < -0.4 is 0 Å². The van der Waals surface area contributed by atoms with Crippen molar-refractivity contribution in [2.45, 2.75) is 79.2 Å². The Morgan fingerprint density at radius 3 is 2.33 bits per heavy atom. The van der Waals surface area contributed by atoms with Gasteiger partial charge in [0.05, 0.1) is 11.1 Å². The highest BCUT2D eigenvalue weighted by molar-refractivity contribution is 6.04. The molecule has 1 aromatic carbocycles. The summed E-state index contributed by atoms with van der Waals surface area (Å²) in [5, 5.41) is 11.0. The maximum atomic E-state index is 12.0. The molecule has 0 aliphatic carbocycles. The van der Waals surface area contributed by atoms with Crippen LogP contribution in [0.2, 0.25) is 0 Å². The zero-order valence-corrected chi connectivity index (χ0v) is 16.0. The molecule has 1 heterocycles. The molecule has 0 atom stereocenters. The minimum absolute atomic E-state index is 0.0682. The lowest BCUT2D eigenvalue weighted by molar-refractivity contribution is 0.0698. The van der Waals surface area contributed by atoms with Crippen molar-refractivity contribution in [1.29, 1.82) is 0 Å². The minimum Gasteiger partial charge on any atom is -0.478 e. The van der Waals surface area contributed by atoms with E-state index in [0.717, 1.165) is 48.7 Å². The number of aromatic nitrogens is 1. The van der Waals surface area contributed by atoms with E-state index in [1.807, 2.05) is 6.07 Å². The van der Waals surface area contributed by atoms with Gasteiger partial charge in [0.2, 0.25) is 0 Å². The molecule has 1 aromatic heterocycles. The second kappa shape index (κ2) is 7.00. The van der Waals surface area contributed by atoms with Gasteiger partial charge in [-0.05, 0) is 48.4 Å². The van der Waals surface area contributed by atoms with Crippen molar-refractivity contribution in [2.24, 2.45) is 0 Å². The van der Waals surface area contributed by atoms with E-state index in [1.54, 1.807) is 0 Å². The van der Waals surface area contributed by atoms with Crippen LogP contribution in [0.4, 0.5) is 0 Å². The molecule has 0 saturated carbocycles. The van der Waals surface area contributed by atoms with Crippen LogP contribution in [0.3, 0.4) is 0 Å². The molecule has 3 heteroatoms. The minimum atomic E-state index is -0.829. The second-order valence-corrected chi connectivity index (χ2v) is 7.79. The molecule has 3 nitrogen and oxygen atoms in total. The predicted molar refractivity (Wildman–Crippen MR) is 101 cm³/mol. The maximum absolute atomic E-state index is 12.0. The first kappa shape index (κ1) is 18.6. The highest BCUT2D eigenvalue weighted by atomic mass is 16.4. The number of hydrogen-bond acceptors (Lipinski definition) is 1. The van der Waals surface area contributed by atoms with Gasteiger partial charge in [-0.1, -0.05) is 47.5 Å². The molecule has 0 spiro atoms. The number of hydrogen-bond donors (Lipinski definition) is 1. The van der Waals surface area contributed by atoms with Crippen LogP contribution in [0.25, 0.3) is 10.9 Å². The summed E-state index contributed by atoms with van der Waals surface area (Å²) in [7, 11) is 0. The van der Waals surface area contributed by atoms with Crippen LogP contribution in [0, 0.1) is 6.92 Å².